The summed E-state index contributed by atoms with van der Waals surface area (Å²) in [5.41, 5.74) is 0.801. The van der Waals surface area contributed by atoms with Crippen LogP contribution in [-0.4, -0.2) is 62.5 Å². The average molecular weight is 563 g/mol. The van der Waals surface area contributed by atoms with Crippen molar-refractivity contribution in [2.24, 2.45) is 5.41 Å². The zero-order chi connectivity index (χ0) is 29.4. The van der Waals surface area contributed by atoms with Crippen molar-refractivity contribution >= 4 is 23.1 Å². The molecular formula is C30H35FN6O4. The van der Waals surface area contributed by atoms with Crippen LogP contribution < -0.4 is 10.6 Å². The third-order valence-corrected chi connectivity index (χ3v) is 8.74. The Kier molecular flexibility index (Phi) is 7.46. The average Bonchev–Trinajstić information content (AvgIpc) is 3.19. The Bertz CT molecular complexity index is 1510. The fraction of sp³-hybridized carbons (Fsp3) is 0.500. The lowest BCUT2D eigenvalue weighted by molar-refractivity contribution is -0.155. The van der Waals surface area contributed by atoms with E-state index in [2.05, 4.69) is 26.8 Å². The molecule has 41 heavy (non-hydrogen) atoms. The number of nitrogens with one attached hydrogen (secondary N) is 2. The molecule has 0 radical (unpaired) electrons. The summed E-state index contributed by atoms with van der Waals surface area (Å²) in [6.45, 7) is 2.35. The normalized spacial score (nSPS) is 22.9. The number of alkyl halides is 1. The third kappa shape index (κ3) is 5.48. The number of amides is 1. The van der Waals surface area contributed by atoms with Gasteiger partial charge in [-0.05, 0) is 83.1 Å². The Balaban J connectivity index is 1.49. The lowest BCUT2D eigenvalue weighted by Crippen LogP contribution is -2.45. The van der Waals surface area contributed by atoms with E-state index in [4.69, 9.17) is 4.74 Å². The number of aliphatic hydroxyl groups is 1. The molecule has 3 N–H and O–H groups in total. The summed E-state index contributed by atoms with van der Waals surface area (Å²) in [6, 6.07) is 9.30. The fourth-order valence-electron chi connectivity index (χ4n) is 6.13. The molecule has 3 saturated carbocycles. The second-order valence-electron chi connectivity index (χ2n) is 11.9. The van der Waals surface area contributed by atoms with Crippen LogP contribution in [0.1, 0.15) is 74.7 Å². The van der Waals surface area contributed by atoms with Crippen LogP contribution >= 0.6 is 0 Å². The summed E-state index contributed by atoms with van der Waals surface area (Å²) >= 11 is 0. The maximum atomic E-state index is 14.4. The number of methoxy groups -OCH3 is 1. The summed E-state index contributed by atoms with van der Waals surface area (Å²) in [6.07, 6.45) is 6.56. The number of hydrogen-bond donors (Lipinski definition) is 3. The highest BCUT2D eigenvalue weighted by Gasteiger charge is 2.50. The van der Waals surface area contributed by atoms with Crippen LogP contribution in [0.4, 0.5) is 10.1 Å². The van der Waals surface area contributed by atoms with Crippen molar-refractivity contribution in [1.29, 1.82) is 5.26 Å². The van der Waals surface area contributed by atoms with E-state index in [0.29, 0.717) is 35.5 Å². The first-order chi connectivity index (χ1) is 19.5. The molecule has 2 bridgehead atoms. The van der Waals surface area contributed by atoms with E-state index in [0.717, 1.165) is 37.6 Å². The molecule has 1 amide bonds. The number of hydrogen-bond acceptors (Lipinski definition) is 8. The van der Waals surface area contributed by atoms with Crippen molar-refractivity contribution in [3.05, 3.63) is 47.8 Å². The molecular weight excluding hydrogens is 527 g/mol. The van der Waals surface area contributed by atoms with Gasteiger partial charge in [0.15, 0.2) is 0 Å². The third-order valence-electron chi connectivity index (χ3n) is 8.74. The quantitative estimate of drug-likeness (QED) is 0.347. The maximum absolute atomic E-state index is 14.4. The number of pyridine rings is 1. The van der Waals surface area contributed by atoms with Gasteiger partial charge in [-0.1, -0.05) is 0 Å². The lowest BCUT2D eigenvalue weighted by atomic mass is 9.68. The van der Waals surface area contributed by atoms with E-state index in [1.807, 2.05) is 12.1 Å². The van der Waals surface area contributed by atoms with E-state index in [-0.39, 0.29) is 23.6 Å². The minimum atomic E-state index is -1.66. The number of ether oxygens (including phenoxy) is 1. The zero-order valence-corrected chi connectivity index (χ0v) is 23.5. The van der Waals surface area contributed by atoms with Crippen molar-refractivity contribution in [3.63, 3.8) is 0 Å². The summed E-state index contributed by atoms with van der Waals surface area (Å²) in [5.74, 6) is -0.668. The zero-order valence-electron chi connectivity index (χ0n) is 23.5. The van der Waals surface area contributed by atoms with Crippen molar-refractivity contribution < 1.29 is 23.8 Å². The molecule has 3 fully saturated rings. The number of esters is 1. The maximum Gasteiger partial charge on any atom is 0.311 e. The molecule has 0 saturated heterocycles. The van der Waals surface area contributed by atoms with Crippen LogP contribution in [0.25, 0.3) is 16.9 Å². The molecule has 11 heteroatoms. The Morgan fingerprint density at radius 3 is 2.63 bits per heavy atom. The molecule has 0 spiro atoms. The van der Waals surface area contributed by atoms with E-state index in [1.54, 1.807) is 16.6 Å². The van der Waals surface area contributed by atoms with Crippen molar-refractivity contribution in [2.75, 3.05) is 19.0 Å². The highest BCUT2D eigenvalue weighted by molar-refractivity contribution is 6.00. The summed E-state index contributed by atoms with van der Waals surface area (Å²) in [5, 5.41) is 29.8. The molecule has 3 aliphatic rings. The van der Waals surface area contributed by atoms with E-state index in [9.17, 15) is 24.3 Å². The number of rotatable bonds is 8. The molecule has 6 rings (SSSR count). The smallest absolute Gasteiger partial charge is 0.311 e. The van der Waals surface area contributed by atoms with Crippen LogP contribution in [-0.2, 0) is 9.53 Å². The number of aromatic nitrogens is 3. The highest BCUT2D eigenvalue weighted by atomic mass is 19.1. The largest absolute Gasteiger partial charge is 0.469 e. The second kappa shape index (κ2) is 10.7. The number of nitrogens with zero attached hydrogens (tertiary/aromatic N) is 4. The van der Waals surface area contributed by atoms with Gasteiger partial charge in [0, 0.05) is 11.7 Å². The highest BCUT2D eigenvalue weighted by Crippen LogP contribution is 2.51. The molecule has 216 valence electrons. The molecule has 10 nitrogen and oxygen atoms in total. The molecule has 1 atom stereocenters. The van der Waals surface area contributed by atoms with Gasteiger partial charge in [-0.15, -0.1) is 0 Å². The minimum absolute atomic E-state index is 0.154. The molecule has 3 aromatic rings. The SMILES string of the molecule is COC(=O)C12CCCC(Nc3cc(-c4ccc5cc(C#N)cnn45)ncc3C(=O)NCC(F)C(C)(C)O)(CC1)CC2. The van der Waals surface area contributed by atoms with Crippen molar-refractivity contribution in [3.8, 4) is 17.5 Å². The predicted molar refractivity (Wildman–Crippen MR) is 150 cm³/mol. The molecule has 0 aromatic carbocycles. The number of halogens is 1. The Morgan fingerprint density at radius 1 is 1.20 bits per heavy atom. The first-order valence-corrected chi connectivity index (χ1v) is 13.9. The molecule has 3 aliphatic carbocycles. The van der Waals surface area contributed by atoms with Gasteiger partial charge in [-0.3, -0.25) is 14.6 Å². The topological polar surface area (TPSA) is 142 Å². The summed E-state index contributed by atoms with van der Waals surface area (Å²) in [4.78, 5) is 30.5. The Morgan fingerprint density at radius 2 is 1.95 bits per heavy atom. The first kappa shape index (κ1) is 28.5. The number of fused-ring (bicyclic) bond motifs is 5. The fourth-order valence-corrected chi connectivity index (χ4v) is 6.13. The van der Waals surface area contributed by atoms with E-state index >= 15 is 0 Å². The van der Waals surface area contributed by atoms with Gasteiger partial charge < -0.3 is 20.5 Å². The summed E-state index contributed by atoms with van der Waals surface area (Å²) < 4.78 is 21.3. The molecule has 0 aliphatic heterocycles. The van der Waals surface area contributed by atoms with Gasteiger partial charge in [-0.25, -0.2) is 8.91 Å². The van der Waals surface area contributed by atoms with Crippen LogP contribution in [0.3, 0.4) is 0 Å². The van der Waals surface area contributed by atoms with Gasteiger partial charge in [0.25, 0.3) is 5.91 Å². The Hall–Kier alpha value is -4.04. The van der Waals surface area contributed by atoms with Gasteiger partial charge in [0.05, 0.1) is 64.6 Å². The second-order valence-corrected chi connectivity index (χ2v) is 11.9. The van der Waals surface area contributed by atoms with Crippen LogP contribution in [0.5, 0.6) is 0 Å². The number of nitriles is 1. The molecule has 3 heterocycles. The van der Waals surface area contributed by atoms with Crippen LogP contribution in [0.15, 0.2) is 36.7 Å². The van der Waals surface area contributed by atoms with Gasteiger partial charge >= 0.3 is 5.97 Å². The van der Waals surface area contributed by atoms with Crippen LogP contribution in [0, 0.1) is 16.7 Å². The van der Waals surface area contributed by atoms with Gasteiger partial charge in [0.2, 0.25) is 0 Å². The number of carbonyl (C=O) groups is 2. The predicted octanol–water partition coefficient (Wildman–Crippen LogP) is 4.17. The first-order valence-electron chi connectivity index (χ1n) is 13.9. The summed E-state index contributed by atoms with van der Waals surface area (Å²) in [7, 11) is 1.44. The van der Waals surface area contributed by atoms with Crippen molar-refractivity contribution in [2.45, 2.75) is 76.1 Å². The van der Waals surface area contributed by atoms with E-state index in [1.165, 1.54) is 33.4 Å². The standard InChI is InChI=1S/C30H35FN6O4/c1-28(2,40)25(31)18-34-26(38)21-17-33-23(24-6-5-20-13-19(15-32)16-35-37(20)24)14-22(21)36-30-8-4-7-29(9-11-30,10-12-30)27(39)41-3/h5-6,13-14,16-17,25,40H,4,7-12,18H2,1-3H3,(H,33,36)(H,34,38). The molecule has 3 aromatic heterocycles. The lowest BCUT2D eigenvalue weighted by Gasteiger charge is -2.42. The monoisotopic (exact) mass is 562 g/mol. The molecule has 1 unspecified atom stereocenters. The van der Waals surface area contributed by atoms with Crippen molar-refractivity contribution in [1.82, 2.24) is 19.9 Å². The van der Waals surface area contributed by atoms with Gasteiger partial charge in [-0.2, -0.15) is 10.4 Å². The Labute approximate surface area is 237 Å². The minimum Gasteiger partial charge on any atom is -0.469 e. The van der Waals surface area contributed by atoms with Crippen LogP contribution in [0.2, 0.25) is 0 Å². The number of anilines is 1. The van der Waals surface area contributed by atoms with E-state index < -0.39 is 23.1 Å². The van der Waals surface area contributed by atoms with Gasteiger partial charge in [0.1, 0.15) is 12.2 Å². The number of carbonyl (C=O) groups excluding carboxylic acids is 2.